The summed E-state index contributed by atoms with van der Waals surface area (Å²) in [6.07, 6.45) is -4.12. The Labute approximate surface area is 75.7 Å². The minimum absolute atomic E-state index is 0.261. The Kier molecular flexibility index (Phi) is 3.18. The van der Waals surface area contributed by atoms with Gasteiger partial charge in [-0.3, -0.25) is 4.74 Å². The SMILES string of the molecule is CCN(C)C1CC(OC(F)(F)F)C1. The second-order valence-corrected chi connectivity index (χ2v) is 3.38. The predicted octanol–water partition coefficient (Wildman–Crippen LogP) is 2.01. The highest BCUT2D eigenvalue weighted by molar-refractivity contribution is 4.86. The van der Waals surface area contributed by atoms with E-state index < -0.39 is 12.5 Å². The van der Waals surface area contributed by atoms with Gasteiger partial charge in [0.15, 0.2) is 0 Å². The molecule has 0 unspecified atom stereocenters. The summed E-state index contributed by atoms with van der Waals surface area (Å²) >= 11 is 0. The van der Waals surface area contributed by atoms with Gasteiger partial charge in [0.2, 0.25) is 0 Å². The molecule has 0 aliphatic heterocycles. The largest absolute Gasteiger partial charge is 0.522 e. The van der Waals surface area contributed by atoms with Crippen LogP contribution in [0.3, 0.4) is 0 Å². The number of ether oxygens (including phenoxy) is 1. The van der Waals surface area contributed by atoms with Crippen molar-refractivity contribution >= 4 is 0 Å². The number of halogens is 3. The molecule has 0 aromatic rings. The summed E-state index contributed by atoms with van der Waals surface area (Å²) in [6, 6.07) is 0.261. The van der Waals surface area contributed by atoms with E-state index in [-0.39, 0.29) is 6.04 Å². The van der Waals surface area contributed by atoms with Gasteiger partial charge in [0.25, 0.3) is 0 Å². The molecule has 1 saturated carbocycles. The van der Waals surface area contributed by atoms with Gasteiger partial charge in [-0.05, 0) is 26.4 Å². The highest BCUT2D eigenvalue weighted by Crippen LogP contribution is 2.32. The van der Waals surface area contributed by atoms with E-state index in [1.165, 1.54) is 0 Å². The van der Waals surface area contributed by atoms with Crippen LogP contribution >= 0.6 is 0 Å². The van der Waals surface area contributed by atoms with Crippen LogP contribution in [0.4, 0.5) is 13.2 Å². The number of hydrogen-bond donors (Lipinski definition) is 0. The molecule has 0 atom stereocenters. The van der Waals surface area contributed by atoms with Gasteiger partial charge in [0.05, 0.1) is 6.10 Å². The van der Waals surface area contributed by atoms with Gasteiger partial charge in [-0.25, -0.2) is 0 Å². The second-order valence-electron chi connectivity index (χ2n) is 3.38. The van der Waals surface area contributed by atoms with Crippen LogP contribution in [-0.2, 0) is 4.74 Å². The van der Waals surface area contributed by atoms with Crippen molar-refractivity contribution in [2.24, 2.45) is 0 Å². The van der Waals surface area contributed by atoms with Gasteiger partial charge in [0.1, 0.15) is 0 Å². The third-order valence-corrected chi connectivity index (χ3v) is 2.49. The van der Waals surface area contributed by atoms with E-state index in [0.29, 0.717) is 12.8 Å². The summed E-state index contributed by atoms with van der Waals surface area (Å²) in [5.74, 6) is 0. The van der Waals surface area contributed by atoms with E-state index >= 15 is 0 Å². The lowest BCUT2D eigenvalue weighted by atomic mass is 9.88. The van der Waals surface area contributed by atoms with Gasteiger partial charge < -0.3 is 4.90 Å². The van der Waals surface area contributed by atoms with Crippen LogP contribution < -0.4 is 0 Å². The van der Waals surface area contributed by atoms with E-state index in [2.05, 4.69) is 4.74 Å². The van der Waals surface area contributed by atoms with Crippen LogP contribution in [0.15, 0.2) is 0 Å². The van der Waals surface area contributed by atoms with Crippen molar-refractivity contribution in [3.05, 3.63) is 0 Å². The highest BCUT2D eigenvalue weighted by atomic mass is 19.4. The first kappa shape index (κ1) is 10.8. The van der Waals surface area contributed by atoms with Crippen LogP contribution in [-0.4, -0.2) is 37.0 Å². The lowest BCUT2D eigenvalue weighted by molar-refractivity contribution is -0.353. The van der Waals surface area contributed by atoms with Crippen molar-refractivity contribution in [3.8, 4) is 0 Å². The standard InChI is InChI=1S/C8H14F3NO/c1-3-12(2)6-4-7(5-6)13-8(9,10)11/h6-7H,3-5H2,1-2H3. The highest BCUT2D eigenvalue weighted by Gasteiger charge is 2.40. The number of hydrogen-bond acceptors (Lipinski definition) is 2. The molecule has 0 saturated heterocycles. The molecule has 1 aliphatic rings. The third kappa shape index (κ3) is 3.15. The fourth-order valence-corrected chi connectivity index (χ4v) is 1.44. The predicted molar refractivity (Wildman–Crippen MR) is 42.3 cm³/mol. The molecule has 1 rings (SSSR count). The maximum atomic E-state index is 11.7. The second kappa shape index (κ2) is 3.84. The molecular formula is C8H14F3NO. The Balaban J connectivity index is 2.19. The molecular weight excluding hydrogens is 183 g/mol. The number of nitrogens with zero attached hydrogens (tertiary/aromatic N) is 1. The number of rotatable bonds is 3. The van der Waals surface area contributed by atoms with Crippen molar-refractivity contribution in [2.75, 3.05) is 13.6 Å². The molecule has 13 heavy (non-hydrogen) atoms. The van der Waals surface area contributed by atoms with Gasteiger partial charge in [-0.2, -0.15) is 0 Å². The summed E-state index contributed by atoms with van der Waals surface area (Å²) < 4.78 is 39.0. The molecule has 1 fully saturated rings. The molecule has 0 aromatic heterocycles. The van der Waals surface area contributed by atoms with E-state index in [1.54, 1.807) is 0 Å². The molecule has 5 heteroatoms. The topological polar surface area (TPSA) is 12.5 Å². The van der Waals surface area contributed by atoms with Crippen LogP contribution in [0.2, 0.25) is 0 Å². The molecule has 0 radical (unpaired) electrons. The van der Waals surface area contributed by atoms with Gasteiger partial charge in [-0.1, -0.05) is 6.92 Å². The Morgan fingerprint density at radius 3 is 2.31 bits per heavy atom. The van der Waals surface area contributed by atoms with Crippen molar-refractivity contribution < 1.29 is 17.9 Å². The Morgan fingerprint density at radius 2 is 1.92 bits per heavy atom. The van der Waals surface area contributed by atoms with Gasteiger partial charge >= 0.3 is 6.36 Å². The maximum Gasteiger partial charge on any atom is 0.522 e. The Morgan fingerprint density at radius 1 is 1.38 bits per heavy atom. The van der Waals surface area contributed by atoms with E-state index in [9.17, 15) is 13.2 Å². The van der Waals surface area contributed by atoms with Crippen LogP contribution in [0.25, 0.3) is 0 Å². The summed E-state index contributed by atoms with van der Waals surface area (Å²) in [5.41, 5.74) is 0. The fourth-order valence-electron chi connectivity index (χ4n) is 1.44. The minimum atomic E-state index is -4.47. The zero-order valence-corrected chi connectivity index (χ0v) is 7.77. The average Bonchev–Trinajstić information content (AvgIpc) is 1.92. The minimum Gasteiger partial charge on any atom is -0.303 e. The lowest BCUT2D eigenvalue weighted by Gasteiger charge is -2.40. The summed E-state index contributed by atoms with van der Waals surface area (Å²) in [6.45, 7) is 2.85. The maximum absolute atomic E-state index is 11.7. The molecule has 0 amide bonds. The molecule has 78 valence electrons. The van der Waals surface area contributed by atoms with Crippen molar-refractivity contribution in [1.82, 2.24) is 4.90 Å². The van der Waals surface area contributed by atoms with Crippen molar-refractivity contribution in [1.29, 1.82) is 0 Å². The summed E-state index contributed by atoms with van der Waals surface area (Å²) in [7, 11) is 1.91. The summed E-state index contributed by atoms with van der Waals surface area (Å²) in [4.78, 5) is 2.04. The van der Waals surface area contributed by atoms with E-state index in [1.807, 2.05) is 18.9 Å². The molecule has 0 aromatic carbocycles. The molecule has 0 heterocycles. The van der Waals surface area contributed by atoms with Crippen LogP contribution in [0.1, 0.15) is 19.8 Å². The third-order valence-electron chi connectivity index (χ3n) is 2.49. The zero-order chi connectivity index (χ0) is 10.1. The molecule has 1 aliphatic carbocycles. The fraction of sp³-hybridized carbons (Fsp3) is 1.00. The monoisotopic (exact) mass is 197 g/mol. The quantitative estimate of drug-likeness (QED) is 0.686. The first-order valence-corrected chi connectivity index (χ1v) is 4.37. The average molecular weight is 197 g/mol. The zero-order valence-electron chi connectivity index (χ0n) is 7.77. The lowest BCUT2D eigenvalue weighted by Crippen LogP contribution is -2.47. The normalized spacial score (nSPS) is 29.1. The smallest absolute Gasteiger partial charge is 0.303 e. The first-order chi connectivity index (χ1) is 5.92. The van der Waals surface area contributed by atoms with Gasteiger partial charge in [-0.15, -0.1) is 13.2 Å². The Bertz CT molecular complexity index is 165. The van der Waals surface area contributed by atoms with Crippen molar-refractivity contribution in [2.45, 2.75) is 38.3 Å². The molecule has 2 nitrogen and oxygen atoms in total. The first-order valence-electron chi connectivity index (χ1n) is 4.37. The van der Waals surface area contributed by atoms with Crippen LogP contribution in [0.5, 0.6) is 0 Å². The van der Waals surface area contributed by atoms with Crippen LogP contribution in [0, 0.1) is 0 Å². The molecule has 0 bridgehead atoms. The Hall–Kier alpha value is -0.290. The van der Waals surface area contributed by atoms with Gasteiger partial charge in [0, 0.05) is 6.04 Å². The van der Waals surface area contributed by atoms with E-state index in [4.69, 9.17) is 0 Å². The van der Waals surface area contributed by atoms with E-state index in [0.717, 1.165) is 6.54 Å². The summed E-state index contributed by atoms with van der Waals surface area (Å²) in [5, 5.41) is 0. The number of alkyl halides is 3. The molecule has 0 N–H and O–H groups in total. The molecule has 0 spiro atoms. The van der Waals surface area contributed by atoms with Crippen molar-refractivity contribution in [3.63, 3.8) is 0 Å².